The summed E-state index contributed by atoms with van der Waals surface area (Å²) >= 11 is 5.88. The van der Waals surface area contributed by atoms with Crippen LogP contribution < -0.4 is 10.2 Å². The number of hydrazone groups is 1. The van der Waals surface area contributed by atoms with Crippen LogP contribution in [0.3, 0.4) is 0 Å². The van der Waals surface area contributed by atoms with Gasteiger partial charge in [0.25, 0.3) is 5.91 Å². The summed E-state index contributed by atoms with van der Waals surface area (Å²) in [5.74, 6) is 0.319. The molecule has 0 spiro atoms. The molecule has 2 heterocycles. The molecule has 0 aliphatic carbocycles. The number of carbonyl (C=O) groups excluding carboxylic acids is 1. The van der Waals surface area contributed by atoms with Gasteiger partial charge in [0.05, 0.1) is 18.2 Å². The lowest BCUT2D eigenvalue weighted by Crippen LogP contribution is -2.44. The third kappa shape index (κ3) is 5.12. The van der Waals surface area contributed by atoms with E-state index >= 15 is 0 Å². The Morgan fingerprint density at radius 1 is 1.14 bits per heavy atom. The average molecular weight is 515 g/mol. The fourth-order valence-electron chi connectivity index (χ4n) is 4.32. The van der Waals surface area contributed by atoms with Gasteiger partial charge in [-0.25, -0.2) is 13.8 Å². The van der Waals surface area contributed by atoms with Crippen LogP contribution in [0.4, 0.5) is 0 Å². The maximum absolute atomic E-state index is 13.1. The van der Waals surface area contributed by atoms with E-state index < -0.39 is 22.0 Å². The second-order valence-electron chi connectivity index (χ2n) is 8.32. The number of hydrogen-bond donors (Lipinski definition) is 1. The van der Waals surface area contributed by atoms with Gasteiger partial charge in [0.2, 0.25) is 10.0 Å². The largest absolute Gasteiger partial charge is 0.497 e. The summed E-state index contributed by atoms with van der Waals surface area (Å²) < 4.78 is 34.7. The zero-order chi connectivity index (χ0) is 25.2. The van der Waals surface area contributed by atoms with Gasteiger partial charge in [-0.15, -0.1) is 0 Å². The number of hydrogen-bond acceptors (Lipinski definition) is 5. The van der Waals surface area contributed by atoms with Crippen LogP contribution in [0.15, 0.2) is 64.6 Å². The molecule has 1 amide bonds. The summed E-state index contributed by atoms with van der Waals surface area (Å²) in [5, 5.41) is 4.57. The topological polar surface area (TPSA) is 93.0 Å². The molecular formula is C25H27ClN4O4S. The van der Waals surface area contributed by atoms with Gasteiger partial charge in [-0.2, -0.15) is 9.41 Å². The average Bonchev–Trinajstić information content (AvgIpc) is 3.45. The molecule has 1 N–H and O–H groups in total. The van der Waals surface area contributed by atoms with Crippen LogP contribution in [0.25, 0.3) is 5.69 Å². The molecule has 1 aromatic heterocycles. The maximum atomic E-state index is 13.1. The molecule has 8 nitrogen and oxygen atoms in total. The van der Waals surface area contributed by atoms with E-state index in [0.717, 1.165) is 28.4 Å². The van der Waals surface area contributed by atoms with Crippen molar-refractivity contribution >= 4 is 33.7 Å². The maximum Gasteiger partial charge on any atom is 0.258 e. The molecule has 1 aliphatic rings. The van der Waals surface area contributed by atoms with Crippen molar-refractivity contribution in [3.05, 3.63) is 76.6 Å². The first-order valence-corrected chi connectivity index (χ1v) is 13.0. The van der Waals surface area contributed by atoms with Crippen LogP contribution in [0, 0.1) is 13.8 Å². The highest BCUT2D eigenvalue weighted by atomic mass is 35.5. The van der Waals surface area contributed by atoms with Crippen LogP contribution >= 0.6 is 11.6 Å². The number of aromatic nitrogens is 1. The molecule has 10 heteroatoms. The fraction of sp³-hybridized carbons (Fsp3) is 0.280. The van der Waals surface area contributed by atoms with Gasteiger partial charge in [-0.1, -0.05) is 11.6 Å². The molecule has 1 atom stereocenters. The molecule has 1 saturated heterocycles. The molecule has 4 rings (SSSR count). The van der Waals surface area contributed by atoms with Gasteiger partial charge in [0.1, 0.15) is 11.8 Å². The summed E-state index contributed by atoms with van der Waals surface area (Å²) in [4.78, 5) is 13.0. The lowest BCUT2D eigenvalue weighted by molar-refractivity contribution is -0.124. The Morgan fingerprint density at radius 2 is 1.83 bits per heavy atom. The van der Waals surface area contributed by atoms with Gasteiger partial charge in [0.15, 0.2) is 0 Å². The summed E-state index contributed by atoms with van der Waals surface area (Å²) in [5.41, 5.74) is 6.32. The number of benzene rings is 2. The number of aryl methyl sites for hydroxylation is 1. The standard InChI is InChI=1S/C25H27ClN4O4S/c1-17-15-19(18(2)30(17)21-8-10-22(34-3)11-9-21)16-27-28-25(31)24-5-4-14-29(24)35(32,33)23-12-6-20(26)7-13-23/h6-13,15-16,24H,4-5,14H2,1-3H3,(H,28,31)/b27-16-/t24-/m0/s1. The molecule has 0 saturated carbocycles. The summed E-state index contributed by atoms with van der Waals surface area (Å²) in [6.45, 7) is 4.23. The molecule has 184 valence electrons. The van der Waals surface area contributed by atoms with Gasteiger partial charge < -0.3 is 9.30 Å². The van der Waals surface area contributed by atoms with Crippen LogP contribution in [0.5, 0.6) is 5.75 Å². The molecule has 3 aromatic rings. The molecule has 1 aliphatic heterocycles. The zero-order valence-electron chi connectivity index (χ0n) is 19.7. The second-order valence-corrected chi connectivity index (χ2v) is 10.6. The molecule has 0 unspecified atom stereocenters. The fourth-order valence-corrected chi connectivity index (χ4v) is 6.10. The SMILES string of the molecule is COc1ccc(-n2c(C)cc(/C=N\NC(=O)[C@@H]3CCCN3S(=O)(=O)c3ccc(Cl)cc3)c2C)cc1. The number of sulfonamides is 1. The third-order valence-electron chi connectivity index (χ3n) is 6.11. The lowest BCUT2D eigenvalue weighted by Gasteiger charge is -2.22. The number of ether oxygens (including phenoxy) is 1. The van der Waals surface area contributed by atoms with E-state index in [4.69, 9.17) is 16.3 Å². The number of halogens is 1. The van der Waals surface area contributed by atoms with E-state index in [1.54, 1.807) is 13.3 Å². The minimum absolute atomic E-state index is 0.107. The number of amides is 1. The smallest absolute Gasteiger partial charge is 0.258 e. The van der Waals surface area contributed by atoms with Gasteiger partial charge in [-0.3, -0.25) is 4.79 Å². The van der Waals surface area contributed by atoms with E-state index in [0.29, 0.717) is 17.9 Å². The van der Waals surface area contributed by atoms with Gasteiger partial charge >= 0.3 is 0 Å². The second kappa shape index (κ2) is 10.2. The van der Waals surface area contributed by atoms with E-state index in [-0.39, 0.29) is 11.4 Å². The van der Waals surface area contributed by atoms with Crippen molar-refractivity contribution in [3.8, 4) is 11.4 Å². The number of methoxy groups -OCH3 is 1. The summed E-state index contributed by atoms with van der Waals surface area (Å²) in [6, 6.07) is 14.8. The van der Waals surface area contributed by atoms with Crippen LogP contribution in [0.1, 0.15) is 29.8 Å². The lowest BCUT2D eigenvalue weighted by atomic mass is 10.2. The van der Waals surface area contributed by atoms with E-state index in [1.165, 1.54) is 28.6 Å². The van der Waals surface area contributed by atoms with E-state index in [9.17, 15) is 13.2 Å². The highest BCUT2D eigenvalue weighted by Crippen LogP contribution is 2.27. The molecule has 2 aromatic carbocycles. The van der Waals surface area contributed by atoms with Crippen molar-refractivity contribution in [1.29, 1.82) is 0 Å². The highest BCUT2D eigenvalue weighted by Gasteiger charge is 2.39. The molecule has 0 bridgehead atoms. The Morgan fingerprint density at radius 3 is 2.49 bits per heavy atom. The molecule has 1 fully saturated rings. The predicted molar refractivity (Wildman–Crippen MR) is 136 cm³/mol. The monoisotopic (exact) mass is 514 g/mol. The quantitative estimate of drug-likeness (QED) is 0.380. The normalized spacial score (nSPS) is 16.6. The number of nitrogens with zero attached hydrogens (tertiary/aromatic N) is 3. The van der Waals surface area contributed by atoms with Gasteiger partial charge in [-0.05, 0) is 81.3 Å². The minimum atomic E-state index is -3.82. The Bertz CT molecular complexity index is 1350. The molecule has 35 heavy (non-hydrogen) atoms. The Labute approximate surface area is 210 Å². The number of carbonyl (C=O) groups is 1. The Hall–Kier alpha value is -3.14. The van der Waals surface area contributed by atoms with Crippen molar-refractivity contribution in [1.82, 2.24) is 14.3 Å². The van der Waals surface area contributed by atoms with Crippen LogP contribution in [-0.4, -0.2) is 49.1 Å². The highest BCUT2D eigenvalue weighted by molar-refractivity contribution is 7.89. The van der Waals surface area contributed by atoms with E-state index in [2.05, 4.69) is 15.1 Å². The number of rotatable bonds is 7. The summed E-state index contributed by atoms with van der Waals surface area (Å²) in [7, 11) is -2.19. The summed E-state index contributed by atoms with van der Waals surface area (Å²) in [6.07, 6.45) is 2.60. The van der Waals surface area contributed by atoms with E-state index in [1.807, 2.05) is 44.2 Å². The van der Waals surface area contributed by atoms with Crippen molar-refractivity contribution < 1.29 is 17.9 Å². The van der Waals surface area contributed by atoms with Crippen molar-refractivity contribution in [2.45, 2.75) is 37.6 Å². The minimum Gasteiger partial charge on any atom is -0.497 e. The Kier molecular flexibility index (Phi) is 7.30. The van der Waals surface area contributed by atoms with Crippen LogP contribution in [0.2, 0.25) is 5.02 Å². The third-order valence-corrected chi connectivity index (χ3v) is 8.28. The first kappa shape index (κ1) is 25.0. The molecular weight excluding hydrogens is 488 g/mol. The van der Waals surface area contributed by atoms with Gasteiger partial charge in [0, 0.05) is 34.2 Å². The van der Waals surface area contributed by atoms with Crippen molar-refractivity contribution in [2.24, 2.45) is 5.10 Å². The first-order valence-electron chi connectivity index (χ1n) is 11.2. The zero-order valence-corrected chi connectivity index (χ0v) is 21.3. The predicted octanol–water partition coefficient (Wildman–Crippen LogP) is 4.06. The Balaban J connectivity index is 1.47. The number of nitrogens with one attached hydrogen (secondary N) is 1. The van der Waals surface area contributed by atoms with Crippen molar-refractivity contribution in [3.63, 3.8) is 0 Å². The van der Waals surface area contributed by atoms with Crippen molar-refractivity contribution in [2.75, 3.05) is 13.7 Å². The van der Waals surface area contributed by atoms with Crippen LogP contribution in [-0.2, 0) is 14.8 Å². The first-order chi connectivity index (χ1) is 16.7. The molecule has 0 radical (unpaired) electrons.